The first-order valence-corrected chi connectivity index (χ1v) is 5.77. The average Bonchev–Trinajstić information content (AvgIpc) is 3.00. The Labute approximate surface area is 143 Å². The zero-order valence-electron chi connectivity index (χ0n) is 12.6. The molecule has 124 valence electrons. The number of methoxy groups -OCH3 is 1. The fourth-order valence-electron chi connectivity index (χ4n) is 1.06. The van der Waals surface area contributed by atoms with E-state index in [-0.39, 0.29) is 6.10 Å². The van der Waals surface area contributed by atoms with Gasteiger partial charge in [0.1, 0.15) is 0 Å². The molecule has 8 nitrogen and oxygen atoms in total. The normalized spacial score (nSPS) is 15.6. The number of ether oxygens (including phenoxy) is 3. The van der Waals surface area contributed by atoms with Crippen LogP contribution < -0.4 is 0 Å². The van der Waals surface area contributed by atoms with Crippen molar-refractivity contribution in [2.45, 2.75) is 25.7 Å². The summed E-state index contributed by atoms with van der Waals surface area (Å²) in [6.07, 6.45) is 3.79. The van der Waals surface area contributed by atoms with E-state index in [2.05, 4.69) is 49.1 Å². The van der Waals surface area contributed by atoms with Gasteiger partial charge in [0.2, 0.25) is 0 Å². The molecule has 1 aliphatic heterocycles. The van der Waals surface area contributed by atoms with E-state index in [0.717, 1.165) is 4.57 Å². The molecule has 0 bridgehead atoms. The Kier molecular flexibility index (Phi) is 41.8. The summed E-state index contributed by atoms with van der Waals surface area (Å²) in [5, 5.41) is 0. The first-order chi connectivity index (χ1) is 11.0. The quantitative estimate of drug-likeness (QED) is 0.545. The molecule has 1 rings (SSSR count). The van der Waals surface area contributed by atoms with E-state index in [1.165, 1.54) is 0 Å². The van der Waals surface area contributed by atoms with E-state index in [1.54, 1.807) is 7.11 Å². The summed E-state index contributed by atoms with van der Waals surface area (Å²) >= 11 is 2.78. The minimum atomic E-state index is -0.459. The number of rotatable bonds is 3. The van der Waals surface area contributed by atoms with Crippen LogP contribution in [0.1, 0.15) is 13.8 Å². The molecule has 0 aromatic carbocycles. The summed E-state index contributed by atoms with van der Waals surface area (Å²) in [6.45, 7) is 26.9. The van der Waals surface area contributed by atoms with Crippen molar-refractivity contribution in [2.75, 3.05) is 13.7 Å². The van der Waals surface area contributed by atoms with Crippen molar-refractivity contribution >= 4 is 4.57 Å². The Bertz CT molecular complexity index is 368. The summed E-state index contributed by atoms with van der Waals surface area (Å²) in [5.41, 5.74) is 0. The zero-order valence-corrected chi connectivity index (χ0v) is 13.9. The molecule has 23 heavy (non-hydrogen) atoms. The van der Waals surface area contributed by atoms with Gasteiger partial charge in [-0.3, -0.25) is 0 Å². The van der Waals surface area contributed by atoms with Crippen LogP contribution in [0, 0.1) is 33.3 Å². The van der Waals surface area contributed by atoms with Gasteiger partial charge in [-0.15, -0.1) is 0 Å². The van der Waals surface area contributed by atoms with Gasteiger partial charge in [-0.25, -0.2) is 0 Å². The van der Waals surface area contributed by atoms with E-state index in [4.69, 9.17) is 37.5 Å². The Morgan fingerprint density at radius 2 is 1.43 bits per heavy atom. The van der Waals surface area contributed by atoms with E-state index >= 15 is 0 Å². The third kappa shape index (κ3) is 26.0. The molecule has 0 radical (unpaired) electrons. The molecular formula is C14H14CrO8. The topological polar surface area (TPSA) is 127 Å². The van der Waals surface area contributed by atoms with Gasteiger partial charge in [0, 0.05) is 0 Å². The summed E-state index contributed by atoms with van der Waals surface area (Å²) in [7, 11) is 1.62. The molecule has 0 aromatic rings. The van der Waals surface area contributed by atoms with Crippen LogP contribution in [-0.2, 0) is 53.3 Å². The fraction of sp³-hybridized carbons (Fsp3) is 0.429. The van der Waals surface area contributed by atoms with Crippen molar-refractivity contribution in [1.82, 2.24) is 0 Å². The predicted octanol–water partition coefficient (Wildman–Crippen LogP) is 0.830. The van der Waals surface area contributed by atoms with Crippen molar-refractivity contribution in [1.29, 1.82) is 0 Å². The summed E-state index contributed by atoms with van der Waals surface area (Å²) < 4.78 is 54.1. The van der Waals surface area contributed by atoms with E-state index in [0.29, 0.717) is 6.61 Å². The van der Waals surface area contributed by atoms with Gasteiger partial charge in [0.25, 0.3) is 0 Å². The summed E-state index contributed by atoms with van der Waals surface area (Å²) in [5.74, 6) is -0.459. The van der Waals surface area contributed by atoms with Crippen LogP contribution in [0.15, 0.2) is 12.2 Å². The zero-order chi connectivity index (χ0) is 19.9. The van der Waals surface area contributed by atoms with Crippen LogP contribution in [0.2, 0.25) is 0 Å². The van der Waals surface area contributed by atoms with Gasteiger partial charge >= 0.3 is 143 Å². The minimum absolute atomic E-state index is 0.0218. The van der Waals surface area contributed by atoms with Crippen molar-refractivity contribution in [2.24, 2.45) is 0 Å². The van der Waals surface area contributed by atoms with E-state index in [9.17, 15) is 0 Å². The molecule has 0 saturated carbocycles. The second-order valence-corrected chi connectivity index (χ2v) is 3.88. The molecule has 1 aliphatic rings. The van der Waals surface area contributed by atoms with Crippen molar-refractivity contribution in [3.05, 3.63) is 45.4 Å². The molecule has 0 aromatic heterocycles. The van der Waals surface area contributed by atoms with Crippen molar-refractivity contribution < 1.29 is 53.3 Å². The Morgan fingerprint density at radius 3 is 1.70 bits per heavy atom. The molecule has 0 unspecified atom stereocenters. The van der Waals surface area contributed by atoms with Gasteiger partial charge in [-0.2, -0.15) is 0 Å². The maximum atomic E-state index is 7.50. The Balaban J connectivity index is -0.0000000923. The molecular weight excluding hydrogens is 348 g/mol. The van der Waals surface area contributed by atoms with Crippen molar-refractivity contribution in [3.63, 3.8) is 0 Å². The molecule has 1 fully saturated rings. The third-order valence-electron chi connectivity index (χ3n) is 1.68. The van der Waals surface area contributed by atoms with Crippen molar-refractivity contribution in [3.8, 4) is 0 Å². The average molecular weight is 362 g/mol. The molecule has 1 atom stereocenters. The van der Waals surface area contributed by atoms with Crippen LogP contribution in [-0.4, -0.2) is 30.2 Å². The van der Waals surface area contributed by atoms with Crippen LogP contribution in [0.4, 0.5) is 0 Å². The van der Waals surface area contributed by atoms with E-state index in [1.807, 2.05) is 26.0 Å². The van der Waals surface area contributed by atoms with Gasteiger partial charge < -0.3 is 0 Å². The third-order valence-corrected chi connectivity index (χ3v) is 2.15. The van der Waals surface area contributed by atoms with Gasteiger partial charge in [0.15, 0.2) is 0 Å². The van der Waals surface area contributed by atoms with Gasteiger partial charge in [0.05, 0.1) is 0 Å². The summed E-state index contributed by atoms with van der Waals surface area (Å²) in [6, 6.07) is 0. The number of hydrogen-bond acceptors (Lipinski definition) is 3. The maximum absolute atomic E-state index is 7.50. The molecule has 0 amide bonds. The van der Waals surface area contributed by atoms with Crippen LogP contribution in [0.25, 0.3) is 0 Å². The molecule has 9 heteroatoms. The second kappa shape index (κ2) is 28.8. The Hall–Kier alpha value is -1.28. The van der Waals surface area contributed by atoms with Gasteiger partial charge in [-0.1, -0.05) is 0 Å². The standard InChI is InChI=1S/C9H14O3.5CO.Cr/c1-9(2)11-7-8(12-9)5-4-6-10-3;5*1-2;/h4-5,8H,7H2,1-3H3;;;;;;/b5-4+;;;;;;/t8-;;;;;;/m0....../s1. The second-order valence-electron chi connectivity index (χ2n) is 3.25. The molecule has 0 aliphatic carbocycles. The summed E-state index contributed by atoms with van der Waals surface area (Å²) in [4.78, 5) is 0. The van der Waals surface area contributed by atoms with Crippen LogP contribution in [0.5, 0.6) is 0 Å². The molecule has 0 spiro atoms. The first kappa shape index (κ1) is 33.4. The molecule has 1 saturated heterocycles. The van der Waals surface area contributed by atoms with Gasteiger partial charge in [-0.05, 0) is 0 Å². The monoisotopic (exact) mass is 362 g/mol. The first-order valence-electron chi connectivity index (χ1n) is 5.13. The predicted molar refractivity (Wildman–Crippen MR) is 65.7 cm³/mol. The molecule has 1 heterocycles. The Morgan fingerprint density at radius 1 is 1.04 bits per heavy atom. The van der Waals surface area contributed by atoms with Crippen LogP contribution in [0.3, 0.4) is 0 Å². The van der Waals surface area contributed by atoms with E-state index < -0.39 is 5.79 Å². The number of hydrogen-bond donors (Lipinski definition) is 0. The van der Waals surface area contributed by atoms with Crippen LogP contribution >= 0.6 is 0 Å². The SMILES string of the molecule is CO[C](=[Cr])/C=C/[C@H]1COC(C)(C)O1.[C-]#[O+].[C-]#[O+].[C-]#[O+].[C-]#[O+].[C-]#[O+]. The fourth-order valence-corrected chi connectivity index (χ4v) is 1.19. The molecule has 0 N–H and O–H groups in total.